The lowest BCUT2D eigenvalue weighted by Crippen LogP contribution is -2.40. The Balaban J connectivity index is 2.03. The number of benzene rings is 1. The Morgan fingerprint density at radius 3 is 2.76 bits per heavy atom. The normalized spacial score (nSPS) is 17.3. The van der Waals surface area contributed by atoms with Gasteiger partial charge in [0.15, 0.2) is 0 Å². The lowest BCUT2D eigenvalue weighted by molar-refractivity contribution is 0.0905. The van der Waals surface area contributed by atoms with E-state index < -0.39 is 5.82 Å². The van der Waals surface area contributed by atoms with E-state index in [1.165, 1.54) is 24.6 Å². The van der Waals surface area contributed by atoms with Gasteiger partial charge < -0.3 is 11.1 Å². The fraction of sp³-hybridized carbons (Fsp3) is 0.462. The number of nitrogens with one attached hydrogen (secondary N) is 1. The Labute approximate surface area is 100 Å². The van der Waals surface area contributed by atoms with Gasteiger partial charge in [0, 0.05) is 11.7 Å². The smallest absolute Gasteiger partial charge is 0.254 e. The van der Waals surface area contributed by atoms with Crippen LogP contribution in [0.4, 0.5) is 10.1 Å². The van der Waals surface area contributed by atoms with Crippen molar-refractivity contribution in [1.29, 1.82) is 0 Å². The average Bonchev–Trinajstić information content (AvgIpc) is 2.13. The molecule has 92 valence electrons. The number of amides is 1. The molecule has 1 aromatic carbocycles. The van der Waals surface area contributed by atoms with Gasteiger partial charge >= 0.3 is 0 Å². The van der Waals surface area contributed by atoms with Crippen molar-refractivity contribution in [2.45, 2.75) is 32.2 Å². The molecule has 1 fully saturated rings. The molecule has 1 atom stereocenters. The SMILES string of the molecule is CC(NC(=O)c1ccc(N)cc1F)C1CCC1. The van der Waals surface area contributed by atoms with E-state index in [4.69, 9.17) is 5.73 Å². The summed E-state index contributed by atoms with van der Waals surface area (Å²) in [5, 5.41) is 2.84. The Bertz CT molecular complexity index is 429. The predicted molar refractivity (Wildman–Crippen MR) is 65.1 cm³/mol. The molecule has 1 aromatic rings. The summed E-state index contributed by atoms with van der Waals surface area (Å²) in [5.74, 6) is -0.388. The van der Waals surface area contributed by atoms with Crippen LogP contribution in [0.3, 0.4) is 0 Å². The Kier molecular flexibility index (Phi) is 3.31. The number of carbonyl (C=O) groups is 1. The summed E-state index contributed by atoms with van der Waals surface area (Å²) in [6.07, 6.45) is 3.51. The second-order valence-corrected chi connectivity index (χ2v) is 4.69. The first kappa shape index (κ1) is 11.9. The van der Waals surface area contributed by atoms with Crippen molar-refractivity contribution in [3.8, 4) is 0 Å². The van der Waals surface area contributed by atoms with E-state index in [1.807, 2.05) is 6.92 Å². The zero-order chi connectivity index (χ0) is 12.4. The number of nitrogen functional groups attached to an aromatic ring is 1. The molecule has 1 aliphatic carbocycles. The minimum Gasteiger partial charge on any atom is -0.399 e. The van der Waals surface area contributed by atoms with Crippen molar-refractivity contribution in [3.05, 3.63) is 29.6 Å². The molecule has 3 nitrogen and oxygen atoms in total. The van der Waals surface area contributed by atoms with Crippen LogP contribution in [0.2, 0.25) is 0 Å². The molecular formula is C13H17FN2O. The topological polar surface area (TPSA) is 55.1 Å². The van der Waals surface area contributed by atoms with Gasteiger partial charge in [-0.1, -0.05) is 6.42 Å². The van der Waals surface area contributed by atoms with Crippen LogP contribution in [0.15, 0.2) is 18.2 Å². The molecule has 0 spiro atoms. The van der Waals surface area contributed by atoms with E-state index in [-0.39, 0.29) is 17.5 Å². The molecule has 17 heavy (non-hydrogen) atoms. The predicted octanol–water partition coefficient (Wildman–Crippen LogP) is 2.33. The van der Waals surface area contributed by atoms with Crippen LogP contribution in [0, 0.1) is 11.7 Å². The van der Waals surface area contributed by atoms with E-state index >= 15 is 0 Å². The lowest BCUT2D eigenvalue weighted by Gasteiger charge is -2.31. The molecule has 3 N–H and O–H groups in total. The van der Waals surface area contributed by atoms with Crippen molar-refractivity contribution in [2.24, 2.45) is 5.92 Å². The van der Waals surface area contributed by atoms with Gasteiger partial charge in [-0.15, -0.1) is 0 Å². The fourth-order valence-corrected chi connectivity index (χ4v) is 2.06. The van der Waals surface area contributed by atoms with Crippen LogP contribution in [-0.2, 0) is 0 Å². The number of hydrogen-bond acceptors (Lipinski definition) is 2. The first-order valence-corrected chi connectivity index (χ1v) is 5.94. The van der Waals surface area contributed by atoms with Gasteiger partial charge in [-0.05, 0) is 43.9 Å². The minimum absolute atomic E-state index is 0.0605. The third-order valence-corrected chi connectivity index (χ3v) is 3.45. The van der Waals surface area contributed by atoms with E-state index in [2.05, 4.69) is 5.32 Å². The molecule has 0 aromatic heterocycles. The number of carbonyl (C=O) groups excluding carboxylic acids is 1. The van der Waals surface area contributed by atoms with Gasteiger partial charge in [-0.3, -0.25) is 4.79 Å². The third-order valence-electron chi connectivity index (χ3n) is 3.45. The third kappa shape index (κ3) is 2.57. The van der Waals surface area contributed by atoms with Gasteiger partial charge in [0.05, 0.1) is 5.56 Å². The summed E-state index contributed by atoms with van der Waals surface area (Å²) in [6.45, 7) is 1.97. The molecule has 1 amide bonds. The molecular weight excluding hydrogens is 219 g/mol. The first-order valence-electron chi connectivity index (χ1n) is 5.94. The maximum absolute atomic E-state index is 13.5. The second kappa shape index (κ2) is 4.73. The van der Waals surface area contributed by atoms with Crippen LogP contribution in [-0.4, -0.2) is 11.9 Å². The summed E-state index contributed by atoms with van der Waals surface area (Å²) < 4.78 is 13.5. The van der Waals surface area contributed by atoms with E-state index in [0.717, 1.165) is 12.8 Å². The zero-order valence-corrected chi connectivity index (χ0v) is 9.87. The maximum atomic E-state index is 13.5. The van der Waals surface area contributed by atoms with Crippen molar-refractivity contribution in [2.75, 3.05) is 5.73 Å². The van der Waals surface area contributed by atoms with Gasteiger partial charge in [-0.2, -0.15) is 0 Å². The molecule has 0 saturated heterocycles. The highest BCUT2D eigenvalue weighted by Crippen LogP contribution is 2.29. The largest absolute Gasteiger partial charge is 0.399 e. The summed E-state index contributed by atoms with van der Waals surface area (Å²) >= 11 is 0. The van der Waals surface area contributed by atoms with E-state index in [0.29, 0.717) is 11.6 Å². The van der Waals surface area contributed by atoms with Crippen molar-refractivity contribution < 1.29 is 9.18 Å². The van der Waals surface area contributed by atoms with Crippen LogP contribution >= 0.6 is 0 Å². The summed E-state index contributed by atoms with van der Waals surface area (Å²) in [4.78, 5) is 11.8. The highest BCUT2D eigenvalue weighted by atomic mass is 19.1. The average molecular weight is 236 g/mol. The number of rotatable bonds is 3. The fourth-order valence-electron chi connectivity index (χ4n) is 2.06. The van der Waals surface area contributed by atoms with Crippen LogP contribution in [0.25, 0.3) is 0 Å². The zero-order valence-electron chi connectivity index (χ0n) is 9.87. The lowest BCUT2D eigenvalue weighted by atomic mass is 9.80. The summed E-state index contributed by atoms with van der Waals surface area (Å²) in [6, 6.07) is 4.23. The van der Waals surface area contributed by atoms with Crippen molar-refractivity contribution in [3.63, 3.8) is 0 Å². The van der Waals surface area contributed by atoms with Crippen LogP contribution in [0.1, 0.15) is 36.5 Å². The Morgan fingerprint density at radius 1 is 1.53 bits per heavy atom. The molecule has 1 unspecified atom stereocenters. The monoisotopic (exact) mass is 236 g/mol. The molecule has 4 heteroatoms. The molecule has 1 saturated carbocycles. The number of halogens is 1. The summed E-state index contributed by atoms with van der Waals surface area (Å²) in [5.41, 5.74) is 5.82. The van der Waals surface area contributed by atoms with Crippen molar-refractivity contribution >= 4 is 11.6 Å². The molecule has 2 rings (SSSR count). The van der Waals surface area contributed by atoms with Gasteiger partial charge in [0.25, 0.3) is 5.91 Å². The maximum Gasteiger partial charge on any atom is 0.254 e. The molecule has 0 radical (unpaired) electrons. The molecule has 0 heterocycles. The Hall–Kier alpha value is -1.58. The number of anilines is 1. The quantitative estimate of drug-likeness (QED) is 0.791. The van der Waals surface area contributed by atoms with E-state index in [1.54, 1.807) is 0 Å². The number of nitrogens with two attached hydrogens (primary N) is 1. The standard InChI is InChI=1S/C13H17FN2O/c1-8(9-3-2-4-9)16-13(17)11-6-5-10(15)7-12(11)14/h5-9H,2-4,15H2,1H3,(H,16,17). The Morgan fingerprint density at radius 2 is 2.24 bits per heavy atom. The number of hydrogen-bond donors (Lipinski definition) is 2. The molecule has 0 aliphatic heterocycles. The van der Waals surface area contributed by atoms with Gasteiger partial charge in [-0.25, -0.2) is 4.39 Å². The second-order valence-electron chi connectivity index (χ2n) is 4.69. The van der Waals surface area contributed by atoms with Crippen molar-refractivity contribution in [1.82, 2.24) is 5.32 Å². The van der Waals surface area contributed by atoms with Crippen LogP contribution < -0.4 is 11.1 Å². The van der Waals surface area contributed by atoms with Crippen LogP contribution in [0.5, 0.6) is 0 Å². The highest BCUT2D eigenvalue weighted by Gasteiger charge is 2.25. The molecule has 0 bridgehead atoms. The van der Waals surface area contributed by atoms with Gasteiger partial charge in [0.2, 0.25) is 0 Å². The first-order chi connectivity index (χ1) is 8.08. The highest BCUT2D eigenvalue weighted by molar-refractivity contribution is 5.95. The summed E-state index contributed by atoms with van der Waals surface area (Å²) in [7, 11) is 0. The van der Waals surface area contributed by atoms with E-state index in [9.17, 15) is 9.18 Å². The minimum atomic E-state index is -0.566. The van der Waals surface area contributed by atoms with Gasteiger partial charge in [0.1, 0.15) is 5.82 Å². The molecule has 1 aliphatic rings.